The fraction of sp³-hybridized carbons (Fsp3) is 0.375. The number of carboxylic acid groups (broad SMARTS) is 1. The van der Waals surface area contributed by atoms with Gasteiger partial charge in [-0.25, -0.2) is 14.6 Å². The summed E-state index contributed by atoms with van der Waals surface area (Å²) in [7, 11) is 3.30. The molecule has 262 valence electrons. The summed E-state index contributed by atoms with van der Waals surface area (Å²) >= 11 is 7.26. The van der Waals surface area contributed by atoms with Crippen LogP contribution in [0.15, 0.2) is 65.7 Å². The molecule has 4 heterocycles. The number of methoxy groups -OCH3 is 1. The van der Waals surface area contributed by atoms with Crippen LogP contribution in [0, 0.1) is 17.8 Å². The van der Waals surface area contributed by atoms with Crippen LogP contribution in [-0.2, 0) is 24.8 Å². The Kier molecular flexibility index (Phi) is 8.34. The second-order valence-electron chi connectivity index (χ2n) is 14.7. The highest BCUT2D eigenvalue weighted by Crippen LogP contribution is 2.63. The zero-order chi connectivity index (χ0) is 35.5. The maximum Gasteiger partial charge on any atom is 0.309 e. The molecule has 5 aromatic rings. The Hall–Kier alpha value is -4.80. The highest BCUT2D eigenvalue weighted by Gasteiger charge is 2.57. The van der Waals surface area contributed by atoms with Gasteiger partial charge in [-0.15, -0.1) is 0 Å². The standard InChI is InChI=1S/C40H41ClN6O4/c1-24-27(6-5-9-31(24)44-35-33-25(10-17-42-35)21-43-46(2)37(33)48)29-7-4-8-30(34(29)41)32-20-26-22-47(18-11-28(26)36(45-32)51-3)19-16-39-12-14-40(23-39,15-13-39)38(49)50/h4-10,17,20-21H,11-16,18-19,22-23H2,1-3H3,(H,42,44)(H,49,50). The van der Waals surface area contributed by atoms with Crippen molar-refractivity contribution >= 4 is 39.8 Å². The summed E-state index contributed by atoms with van der Waals surface area (Å²) in [6, 6.07) is 15.9. The van der Waals surface area contributed by atoms with E-state index in [2.05, 4.69) is 26.4 Å². The monoisotopic (exact) mass is 704 g/mol. The first-order chi connectivity index (χ1) is 24.6. The lowest BCUT2D eigenvalue weighted by Gasteiger charge is -2.33. The molecule has 1 aliphatic heterocycles. The number of pyridine rings is 2. The number of anilines is 2. The molecule has 51 heavy (non-hydrogen) atoms. The van der Waals surface area contributed by atoms with Crippen LogP contribution in [0.25, 0.3) is 33.2 Å². The van der Waals surface area contributed by atoms with E-state index < -0.39 is 11.4 Å². The number of hydrogen-bond donors (Lipinski definition) is 2. The summed E-state index contributed by atoms with van der Waals surface area (Å²) in [5, 5.41) is 19.2. The number of hydrogen-bond acceptors (Lipinski definition) is 8. The number of nitrogens with zero attached hydrogens (tertiary/aromatic N) is 5. The summed E-state index contributed by atoms with van der Waals surface area (Å²) in [4.78, 5) is 37.0. The fourth-order valence-electron chi connectivity index (χ4n) is 8.84. The molecule has 11 heteroatoms. The molecule has 3 aliphatic rings. The number of aromatic nitrogens is 4. The molecule has 2 fully saturated rings. The number of aryl methyl sites for hydroxylation is 1. The van der Waals surface area contributed by atoms with Crippen molar-refractivity contribution in [3.8, 4) is 28.3 Å². The van der Waals surface area contributed by atoms with Crippen LogP contribution in [0.3, 0.4) is 0 Å². The Balaban J connectivity index is 1.07. The molecular weight excluding hydrogens is 664 g/mol. The maximum absolute atomic E-state index is 13.0. The number of halogens is 1. The Morgan fingerprint density at radius 3 is 2.61 bits per heavy atom. The van der Waals surface area contributed by atoms with Crippen LogP contribution in [-0.4, -0.2) is 55.9 Å². The Labute approximate surface area is 301 Å². The Morgan fingerprint density at radius 1 is 1.08 bits per heavy atom. The van der Waals surface area contributed by atoms with Crippen molar-refractivity contribution in [1.29, 1.82) is 0 Å². The van der Waals surface area contributed by atoms with Gasteiger partial charge in [-0.1, -0.05) is 41.9 Å². The van der Waals surface area contributed by atoms with Gasteiger partial charge < -0.3 is 15.2 Å². The van der Waals surface area contributed by atoms with Crippen molar-refractivity contribution in [3.63, 3.8) is 0 Å². The van der Waals surface area contributed by atoms with Crippen LogP contribution in [0.1, 0.15) is 55.2 Å². The molecule has 0 amide bonds. The summed E-state index contributed by atoms with van der Waals surface area (Å²) in [6.45, 7) is 4.68. The third-order valence-corrected chi connectivity index (χ3v) is 12.3. The SMILES string of the molecule is COc1nc(-c2cccc(-c3cccc(Nc4nccc5cnn(C)c(=O)c45)c3C)c2Cl)cc2c1CCN(CCC13CCC(C(=O)O)(CC1)C3)C2. The lowest BCUT2D eigenvalue weighted by molar-refractivity contribution is -0.148. The number of aliphatic carboxylic acids is 1. The molecule has 0 saturated heterocycles. The summed E-state index contributed by atoms with van der Waals surface area (Å²) in [6.07, 6.45) is 9.73. The van der Waals surface area contributed by atoms with Crippen LogP contribution < -0.4 is 15.6 Å². The van der Waals surface area contributed by atoms with Gasteiger partial charge in [0.25, 0.3) is 5.56 Å². The topological polar surface area (TPSA) is 122 Å². The minimum Gasteiger partial charge on any atom is -0.481 e. The van der Waals surface area contributed by atoms with Gasteiger partial charge in [0.05, 0.1) is 34.8 Å². The Morgan fingerprint density at radius 2 is 1.84 bits per heavy atom. The zero-order valence-electron chi connectivity index (χ0n) is 29.1. The fourth-order valence-corrected chi connectivity index (χ4v) is 9.17. The number of ether oxygens (including phenoxy) is 1. The van der Waals surface area contributed by atoms with E-state index in [-0.39, 0.29) is 11.0 Å². The summed E-state index contributed by atoms with van der Waals surface area (Å²) in [5.41, 5.74) is 6.93. The molecule has 2 bridgehead atoms. The molecule has 0 atom stereocenters. The molecule has 0 unspecified atom stereocenters. The van der Waals surface area contributed by atoms with E-state index in [1.54, 1.807) is 32.6 Å². The maximum atomic E-state index is 13.0. The van der Waals surface area contributed by atoms with E-state index in [4.69, 9.17) is 21.3 Å². The first kappa shape index (κ1) is 33.3. The molecule has 2 aliphatic carbocycles. The van der Waals surface area contributed by atoms with Gasteiger partial charge in [-0.05, 0) is 98.7 Å². The molecular formula is C40H41ClN6O4. The van der Waals surface area contributed by atoms with E-state index in [0.29, 0.717) is 27.5 Å². The number of carbonyl (C=O) groups is 1. The van der Waals surface area contributed by atoms with Gasteiger partial charge in [-0.3, -0.25) is 14.5 Å². The summed E-state index contributed by atoms with van der Waals surface area (Å²) < 4.78 is 7.15. The third kappa shape index (κ3) is 5.74. The second-order valence-corrected chi connectivity index (χ2v) is 15.0. The lowest BCUT2D eigenvalue weighted by Crippen LogP contribution is -2.34. The average molecular weight is 705 g/mol. The molecule has 2 aromatic carbocycles. The average Bonchev–Trinajstić information content (AvgIpc) is 3.72. The molecule has 8 rings (SSSR count). The van der Waals surface area contributed by atoms with Crippen LogP contribution in [0.2, 0.25) is 5.02 Å². The van der Waals surface area contributed by atoms with E-state index in [9.17, 15) is 14.7 Å². The third-order valence-electron chi connectivity index (χ3n) is 11.8. The van der Waals surface area contributed by atoms with Gasteiger partial charge in [0.2, 0.25) is 5.88 Å². The van der Waals surface area contributed by atoms with Crippen molar-refractivity contribution in [1.82, 2.24) is 24.6 Å². The van der Waals surface area contributed by atoms with E-state index in [1.165, 1.54) is 10.2 Å². The molecule has 10 nitrogen and oxygen atoms in total. The highest BCUT2D eigenvalue weighted by molar-refractivity contribution is 6.36. The smallest absolute Gasteiger partial charge is 0.309 e. The van der Waals surface area contributed by atoms with Crippen LogP contribution in [0.5, 0.6) is 5.88 Å². The van der Waals surface area contributed by atoms with Gasteiger partial charge in [-0.2, -0.15) is 5.10 Å². The van der Waals surface area contributed by atoms with Gasteiger partial charge in [0.1, 0.15) is 5.82 Å². The molecule has 0 radical (unpaired) electrons. The van der Waals surface area contributed by atoms with Gasteiger partial charge in [0.15, 0.2) is 0 Å². The van der Waals surface area contributed by atoms with E-state index >= 15 is 0 Å². The molecule has 2 saturated carbocycles. The predicted molar refractivity (Wildman–Crippen MR) is 199 cm³/mol. The van der Waals surface area contributed by atoms with Crippen molar-refractivity contribution < 1.29 is 14.6 Å². The van der Waals surface area contributed by atoms with Crippen molar-refractivity contribution in [2.45, 2.75) is 58.4 Å². The summed E-state index contributed by atoms with van der Waals surface area (Å²) in [5.74, 6) is 0.494. The number of carboxylic acids is 1. The first-order valence-corrected chi connectivity index (χ1v) is 18.0. The largest absolute Gasteiger partial charge is 0.481 e. The molecule has 0 spiro atoms. The van der Waals surface area contributed by atoms with Gasteiger partial charge >= 0.3 is 5.97 Å². The Bertz CT molecular complexity index is 2260. The van der Waals surface area contributed by atoms with Crippen LogP contribution in [0.4, 0.5) is 11.5 Å². The van der Waals surface area contributed by atoms with Crippen molar-refractivity contribution in [2.24, 2.45) is 17.9 Å². The van der Waals surface area contributed by atoms with E-state index in [0.717, 1.165) is 104 Å². The van der Waals surface area contributed by atoms with Crippen LogP contribution >= 0.6 is 11.6 Å². The van der Waals surface area contributed by atoms with Gasteiger partial charge in [0, 0.05) is 54.1 Å². The quantitative estimate of drug-likeness (QED) is 0.160. The number of nitrogens with one attached hydrogen (secondary N) is 1. The number of benzene rings is 2. The molecule has 2 N–H and O–H groups in total. The van der Waals surface area contributed by atoms with Crippen molar-refractivity contribution in [2.75, 3.05) is 25.5 Å². The predicted octanol–water partition coefficient (Wildman–Crippen LogP) is 7.55. The number of fused-ring (bicyclic) bond motifs is 4. The van der Waals surface area contributed by atoms with E-state index in [1.807, 2.05) is 43.3 Å². The van der Waals surface area contributed by atoms with Crippen molar-refractivity contribution in [3.05, 3.63) is 93.0 Å². The highest BCUT2D eigenvalue weighted by atomic mass is 35.5. The lowest BCUT2D eigenvalue weighted by atomic mass is 9.80. The minimum atomic E-state index is -0.604. The zero-order valence-corrected chi connectivity index (χ0v) is 29.9. The minimum absolute atomic E-state index is 0.165. The first-order valence-electron chi connectivity index (χ1n) is 17.6. The number of rotatable bonds is 9. The molecule has 3 aromatic heterocycles. The normalized spacial score (nSPS) is 21.2. The second kappa shape index (κ2) is 12.8.